The average molecular weight is 666 g/mol. The van der Waals surface area contributed by atoms with Crippen LogP contribution in [0.4, 0.5) is 0 Å². The molecule has 5 aromatic rings. The summed E-state index contributed by atoms with van der Waals surface area (Å²) in [4.78, 5) is 2.96. The van der Waals surface area contributed by atoms with Gasteiger partial charge >= 0.3 is 59.1 Å². The standard InChI is InChI=1S/C31H27NO9S2.2Na/c33-42(34,35)40-30-28(27-16-21-10-4-5-11-23(21)24-12-6-7-13-25(24)27)17-26(22-14-15-32-18-22)29(31(30)41-43(36,37)38)39-19-20-8-2-1-3-9-20;;/h1-18,26,29-32H,19H2,(H,33,34,35)(H,36,37,38);;/q;2*+1/p-2/t26-,29-,30-,31+;;/m1../s1. The number of H-pyrrole nitrogens is 1. The molecule has 0 spiro atoms. The van der Waals surface area contributed by atoms with Gasteiger partial charge in [-0.15, -0.1) is 0 Å². The summed E-state index contributed by atoms with van der Waals surface area (Å²) in [5, 5.41) is 3.24. The maximum Gasteiger partial charge on any atom is 1.00 e. The molecule has 1 aliphatic carbocycles. The van der Waals surface area contributed by atoms with Gasteiger partial charge in [-0.1, -0.05) is 84.9 Å². The third-order valence-corrected chi connectivity index (χ3v) is 8.36. The molecule has 10 nitrogen and oxygen atoms in total. The number of hydrogen-bond donors (Lipinski definition) is 1. The van der Waals surface area contributed by atoms with Gasteiger partial charge in [-0.3, -0.25) is 8.37 Å². The molecule has 0 saturated heterocycles. The van der Waals surface area contributed by atoms with Crippen LogP contribution >= 0.6 is 0 Å². The SMILES string of the molecule is O=S(=O)([O-])O[C@H]1[C@H](OCc2ccccc2)[C@@H](c2cc[nH]c2)C=C(c2cc3ccccc3c3ccccc23)[C@H]1OS(=O)(=O)[O-].[Na+].[Na+]. The maximum absolute atomic E-state index is 12.1. The summed E-state index contributed by atoms with van der Waals surface area (Å²) >= 11 is 0. The molecule has 1 heterocycles. The molecule has 6 rings (SSSR count). The van der Waals surface area contributed by atoms with Gasteiger partial charge in [-0.2, -0.15) is 0 Å². The first-order valence-corrected chi connectivity index (χ1v) is 15.9. The van der Waals surface area contributed by atoms with Crippen molar-refractivity contribution in [1.82, 2.24) is 4.98 Å². The minimum Gasteiger partial charge on any atom is -0.726 e. The quantitative estimate of drug-likeness (QED) is 0.0883. The van der Waals surface area contributed by atoms with E-state index < -0.39 is 45.0 Å². The van der Waals surface area contributed by atoms with Gasteiger partial charge in [-0.25, -0.2) is 16.8 Å². The zero-order valence-electron chi connectivity index (χ0n) is 24.4. The molecule has 45 heavy (non-hydrogen) atoms. The first-order chi connectivity index (χ1) is 20.6. The summed E-state index contributed by atoms with van der Waals surface area (Å²) in [7, 11) is -10.9. The average Bonchev–Trinajstić information content (AvgIpc) is 3.51. The van der Waals surface area contributed by atoms with E-state index in [2.05, 4.69) is 4.98 Å². The molecule has 222 valence electrons. The molecule has 0 amide bonds. The Hall–Kier alpha value is -1.88. The van der Waals surface area contributed by atoms with E-state index >= 15 is 0 Å². The number of benzene rings is 4. The number of rotatable bonds is 9. The van der Waals surface area contributed by atoms with Crippen molar-refractivity contribution in [3.05, 3.63) is 126 Å². The van der Waals surface area contributed by atoms with Gasteiger partial charge in [-0.05, 0) is 55.9 Å². The minimum atomic E-state index is -5.45. The monoisotopic (exact) mass is 665 g/mol. The Labute approximate surface area is 305 Å². The molecule has 4 aromatic carbocycles. The molecule has 4 atom stereocenters. The molecule has 0 unspecified atom stereocenters. The normalized spacial score (nSPS) is 20.3. The second kappa shape index (κ2) is 14.9. The van der Waals surface area contributed by atoms with Crippen LogP contribution in [0.25, 0.3) is 27.1 Å². The van der Waals surface area contributed by atoms with Gasteiger partial charge < -0.3 is 18.8 Å². The topological polar surface area (TPSA) is 158 Å². The van der Waals surface area contributed by atoms with Crippen molar-refractivity contribution in [3.63, 3.8) is 0 Å². The van der Waals surface area contributed by atoms with Crippen LogP contribution in [0.2, 0.25) is 0 Å². The fraction of sp³-hybridized carbons (Fsp3) is 0.161. The zero-order valence-corrected chi connectivity index (χ0v) is 30.0. The molecule has 0 saturated carbocycles. The van der Waals surface area contributed by atoms with E-state index in [0.29, 0.717) is 16.5 Å². The second-order valence-electron chi connectivity index (χ2n) is 10.1. The molecule has 1 aromatic heterocycles. The van der Waals surface area contributed by atoms with Crippen LogP contribution in [0.1, 0.15) is 22.6 Å². The number of ether oxygens (including phenoxy) is 1. The van der Waals surface area contributed by atoms with Crippen LogP contribution in [0.15, 0.2) is 109 Å². The fourth-order valence-electron chi connectivity index (χ4n) is 5.74. The van der Waals surface area contributed by atoms with Crippen LogP contribution < -0.4 is 59.1 Å². The molecule has 0 bridgehead atoms. The second-order valence-corrected chi connectivity index (χ2v) is 12.2. The van der Waals surface area contributed by atoms with Gasteiger partial charge in [0, 0.05) is 18.3 Å². The van der Waals surface area contributed by atoms with Gasteiger partial charge in [0.1, 0.15) is 12.2 Å². The van der Waals surface area contributed by atoms with Crippen molar-refractivity contribution in [3.8, 4) is 0 Å². The molecule has 0 fully saturated rings. The Morgan fingerprint density at radius 1 is 0.711 bits per heavy atom. The summed E-state index contributed by atoms with van der Waals surface area (Å²) in [6, 6.07) is 27.4. The molecule has 0 radical (unpaired) electrons. The number of hydrogen-bond acceptors (Lipinski definition) is 9. The number of aromatic amines is 1. The molecule has 1 N–H and O–H groups in total. The summed E-state index contributed by atoms with van der Waals surface area (Å²) < 4.78 is 89.0. The number of fused-ring (bicyclic) bond motifs is 3. The van der Waals surface area contributed by atoms with Crippen LogP contribution in [0.5, 0.6) is 0 Å². The molecular formula is C31H25NNa2O9S2. The number of aromatic nitrogens is 1. The van der Waals surface area contributed by atoms with Crippen molar-refractivity contribution in [1.29, 1.82) is 0 Å². The first kappa shape index (κ1) is 36.0. The van der Waals surface area contributed by atoms with Crippen LogP contribution in [0, 0.1) is 0 Å². The van der Waals surface area contributed by atoms with Gasteiger partial charge in [0.05, 0.1) is 12.7 Å². The molecule has 0 aliphatic heterocycles. The predicted octanol–water partition coefficient (Wildman–Crippen LogP) is -1.21. The third-order valence-electron chi connectivity index (χ3n) is 7.46. The molecule has 14 heteroatoms. The van der Waals surface area contributed by atoms with E-state index in [9.17, 15) is 25.9 Å². The largest absolute Gasteiger partial charge is 1.00 e. The molecular weight excluding hydrogens is 640 g/mol. The van der Waals surface area contributed by atoms with E-state index in [0.717, 1.165) is 21.7 Å². The Balaban J connectivity index is 0.00000230. The van der Waals surface area contributed by atoms with E-state index in [1.165, 1.54) is 0 Å². The zero-order chi connectivity index (χ0) is 30.2. The summed E-state index contributed by atoms with van der Waals surface area (Å²) in [6.45, 7) is -0.0376. The van der Waals surface area contributed by atoms with Crippen LogP contribution in [0.3, 0.4) is 0 Å². The fourth-order valence-corrected chi connectivity index (χ4v) is 6.69. The number of nitrogens with one attached hydrogen (secondary N) is 1. The van der Waals surface area contributed by atoms with Crippen molar-refractivity contribution in [2.45, 2.75) is 30.8 Å². The predicted molar refractivity (Wildman–Crippen MR) is 157 cm³/mol. The van der Waals surface area contributed by atoms with Gasteiger partial charge in [0.2, 0.25) is 20.8 Å². The minimum absolute atomic E-state index is 0. The van der Waals surface area contributed by atoms with Crippen molar-refractivity contribution < 1.29 is 98.2 Å². The molecule has 1 aliphatic rings. The van der Waals surface area contributed by atoms with Gasteiger partial charge in [0.25, 0.3) is 0 Å². The van der Waals surface area contributed by atoms with Crippen molar-refractivity contribution in [2.24, 2.45) is 0 Å². The Kier molecular flexibility index (Phi) is 11.9. The maximum atomic E-state index is 12.1. The smallest absolute Gasteiger partial charge is 0.726 e. The summed E-state index contributed by atoms with van der Waals surface area (Å²) in [5.41, 5.74) is 1.99. The Morgan fingerprint density at radius 2 is 1.33 bits per heavy atom. The first-order valence-electron chi connectivity index (χ1n) is 13.3. The van der Waals surface area contributed by atoms with E-state index in [-0.39, 0.29) is 71.3 Å². The van der Waals surface area contributed by atoms with Gasteiger partial charge in [0.15, 0.2) is 0 Å². The van der Waals surface area contributed by atoms with Crippen molar-refractivity contribution in [2.75, 3.05) is 0 Å². The van der Waals surface area contributed by atoms with Crippen molar-refractivity contribution >= 4 is 47.9 Å². The Morgan fingerprint density at radius 3 is 1.98 bits per heavy atom. The Bertz CT molecular complexity index is 2020. The summed E-state index contributed by atoms with van der Waals surface area (Å²) in [6.07, 6.45) is 0.0641. The van der Waals surface area contributed by atoms with Crippen LogP contribution in [-0.4, -0.2) is 49.2 Å². The van der Waals surface area contributed by atoms with E-state index in [1.807, 2.05) is 48.5 Å². The summed E-state index contributed by atoms with van der Waals surface area (Å²) in [5.74, 6) is -0.754. The van der Waals surface area contributed by atoms with E-state index in [4.69, 9.17) is 13.1 Å². The third kappa shape index (κ3) is 8.35. The van der Waals surface area contributed by atoms with Crippen LogP contribution in [-0.2, 0) is 40.5 Å². The van der Waals surface area contributed by atoms with E-state index in [1.54, 1.807) is 60.9 Å².